The molecule has 4 rings (SSSR count). The molecule has 0 spiro atoms. The number of benzene rings is 2. The van der Waals surface area contributed by atoms with E-state index in [0.29, 0.717) is 40.7 Å². The highest BCUT2D eigenvalue weighted by molar-refractivity contribution is 7.91. The molecule has 0 radical (unpaired) electrons. The summed E-state index contributed by atoms with van der Waals surface area (Å²) in [6.45, 7) is 9.24. The van der Waals surface area contributed by atoms with Gasteiger partial charge in [-0.25, -0.2) is 13.4 Å². The predicted octanol–water partition coefficient (Wildman–Crippen LogP) is 5.49. The largest absolute Gasteiger partial charge is 0.457 e. The first kappa shape index (κ1) is 27.0. The molecule has 2 aromatic heterocycles. The Bertz CT molecular complexity index is 1460. The number of hydrogen-bond acceptors (Lipinski definition) is 7. The average molecular weight is 540 g/mol. The zero-order valence-corrected chi connectivity index (χ0v) is 23.5. The van der Waals surface area contributed by atoms with Gasteiger partial charge in [0.2, 0.25) is 0 Å². The molecule has 0 bridgehead atoms. The molecule has 0 saturated heterocycles. The molecule has 0 atom stereocenters. The van der Waals surface area contributed by atoms with Crippen LogP contribution in [0.25, 0.3) is 22.6 Å². The molecule has 1 N–H and O–H groups in total. The van der Waals surface area contributed by atoms with Crippen molar-refractivity contribution in [2.45, 2.75) is 50.8 Å². The number of ether oxygens (including phenoxy) is 2. The lowest BCUT2D eigenvalue weighted by Crippen LogP contribution is -2.22. The number of hydrogen-bond donors (Lipinski definition) is 1. The minimum atomic E-state index is -3.29. The van der Waals surface area contributed by atoms with Crippen molar-refractivity contribution in [2.24, 2.45) is 0 Å². The zero-order chi connectivity index (χ0) is 26.6. The second kappa shape index (κ2) is 11.1. The number of aliphatic hydroxyl groups is 1. The van der Waals surface area contributed by atoms with Gasteiger partial charge in [0.05, 0.1) is 28.3 Å². The van der Waals surface area contributed by atoms with Gasteiger partial charge in [0.25, 0.3) is 0 Å². The summed E-state index contributed by atoms with van der Waals surface area (Å²) in [7, 11) is -4.54. The first-order chi connectivity index (χ1) is 17.6. The van der Waals surface area contributed by atoms with Gasteiger partial charge < -0.3 is 14.6 Å². The van der Waals surface area contributed by atoms with E-state index in [2.05, 4.69) is 24.6 Å². The van der Waals surface area contributed by atoms with Gasteiger partial charge in [0, 0.05) is 32.5 Å². The minimum absolute atomic E-state index is 0.0341. The fourth-order valence-corrected chi connectivity index (χ4v) is 5.46. The molecule has 0 saturated carbocycles. The van der Waals surface area contributed by atoms with Gasteiger partial charge >= 0.3 is 0 Å². The number of fused-ring (bicyclic) bond motifs is 1. The van der Waals surface area contributed by atoms with Gasteiger partial charge in [-0.05, 0) is 48.5 Å². The van der Waals surface area contributed by atoms with Crippen LogP contribution in [0.3, 0.4) is 0 Å². The lowest BCUT2D eigenvalue weighted by molar-refractivity contribution is 0.0909. The molecular formula is C27H33N3O5SSi. The summed E-state index contributed by atoms with van der Waals surface area (Å²) in [5.41, 5.74) is 2.70. The molecule has 37 heavy (non-hydrogen) atoms. The van der Waals surface area contributed by atoms with Gasteiger partial charge in [-0.15, -0.1) is 0 Å². The van der Waals surface area contributed by atoms with Crippen LogP contribution < -0.4 is 4.74 Å². The third-order valence-corrected chi connectivity index (χ3v) is 9.44. The van der Waals surface area contributed by atoms with Gasteiger partial charge in [0.15, 0.2) is 15.7 Å². The molecule has 10 heteroatoms. The summed E-state index contributed by atoms with van der Waals surface area (Å²) >= 11 is 0. The molecule has 4 aromatic rings. The number of rotatable bonds is 11. The van der Waals surface area contributed by atoms with Crippen molar-refractivity contribution < 1.29 is 23.0 Å². The van der Waals surface area contributed by atoms with Crippen LogP contribution in [0.4, 0.5) is 0 Å². The summed E-state index contributed by atoms with van der Waals surface area (Å²) in [6, 6.07) is 16.6. The van der Waals surface area contributed by atoms with Crippen molar-refractivity contribution in [2.75, 3.05) is 12.4 Å². The molecule has 8 nitrogen and oxygen atoms in total. The van der Waals surface area contributed by atoms with Crippen LogP contribution in [0.1, 0.15) is 12.5 Å². The molecule has 0 aliphatic carbocycles. The van der Waals surface area contributed by atoms with Gasteiger partial charge in [-0.1, -0.05) is 32.6 Å². The number of nitrogens with zero attached hydrogens (tertiary/aromatic N) is 3. The summed E-state index contributed by atoms with van der Waals surface area (Å²) in [6.07, 6.45) is 1.72. The molecule has 2 heterocycles. The van der Waals surface area contributed by atoms with Crippen molar-refractivity contribution in [3.8, 4) is 23.0 Å². The lowest BCUT2D eigenvalue weighted by atomic mass is 10.2. The highest BCUT2D eigenvalue weighted by atomic mass is 32.2. The number of aromatic nitrogens is 3. The smallest absolute Gasteiger partial charge is 0.178 e. The van der Waals surface area contributed by atoms with Crippen molar-refractivity contribution in [1.82, 2.24) is 14.5 Å². The molecule has 2 aromatic carbocycles. The maximum atomic E-state index is 12.1. The Morgan fingerprint density at radius 3 is 2.41 bits per heavy atom. The molecular weight excluding hydrogens is 506 g/mol. The van der Waals surface area contributed by atoms with Crippen LogP contribution in [0.5, 0.6) is 11.5 Å². The van der Waals surface area contributed by atoms with E-state index in [1.165, 1.54) is 12.1 Å². The van der Waals surface area contributed by atoms with E-state index in [0.717, 1.165) is 11.6 Å². The Morgan fingerprint density at radius 1 is 1.03 bits per heavy atom. The summed E-state index contributed by atoms with van der Waals surface area (Å²) in [5.74, 6) is 1.66. The van der Waals surface area contributed by atoms with Crippen molar-refractivity contribution in [3.05, 3.63) is 66.4 Å². The molecule has 196 valence electrons. The molecule has 0 aliphatic rings. The van der Waals surface area contributed by atoms with Gasteiger partial charge in [-0.2, -0.15) is 0 Å². The topological polar surface area (TPSA) is 104 Å². The highest BCUT2D eigenvalue weighted by Gasteiger charge is 2.19. The summed E-state index contributed by atoms with van der Waals surface area (Å²) in [4.78, 5) is 9.55. The minimum Gasteiger partial charge on any atom is -0.457 e. The quantitative estimate of drug-likeness (QED) is 0.199. The third kappa shape index (κ3) is 6.45. The predicted molar refractivity (Wildman–Crippen MR) is 147 cm³/mol. The number of imidazole rings is 1. The Labute approximate surface area is 218 Å². The highest BCUT2D eigenvalue weighted by Crippen LogP contribution is 2.32. The zero-order valence-electron chi connectivity index (χ0n) is 21.6. The normalized spacial score (nSPS) is 12.2. The van der Waals surface area contributed by atoms with Crippen LogP contribution in [0, 0.1) is 0 Å². The van der Waals surface area contributed by atoms with Crippen LogP contribution in [-0.2, 0) is 27.9 Å². The Morgan fingerprint density at radius 2 is 1.78 bits per heavy atom. The van der Waals surface area contributed by atoms with Crippen LogP contribution in [-0.4, -0.2) is 48.5 Å². The standard InChI is InChI=1S/C27H33N3O5SSi/c1-5-36(32,33)23-11-9-21(10-12-23)35-22-16-20(18-31)26-25(17-22)30(19-34-14-15-37(2,3)4)27(29-26)24-8-6-7-13-28-24/h6-13,16-17,31H,5,14-15,18-19H2,1-4H3. The SMILES string of the molecule is CCS(=O)(=O)c1ccc(Oc2cc(CO)c3nc(-c4ccccn4)n(COCC[Si](C)(C)C)c3c2)cc1. The third-order valence-electron chi connectivity index (χ3n) is 5.99. The van der Waals surface area contributed by atoms with E-state index in [1.54, 1.807) is 31.3 Å². The van der Waals surface area contributed by atoms with Crippen molar-refractivity contribution in [3.63, 3.8) is 0 Å². The molecule has 0 unspecified atom stereocenters. The first-order valence-corrected chi connectivity index (χ1v) is 17.6. The lowest BCUT2D eigenvalue weighted by Gasteiger charge is -2.16. The Kier molecular flexibility index (Phi) is 8.13. The number of aliphatic hydroxyl groups excluding tert-OH is 1. The van der Waals surface area contributed by atoms with Crippen LogP contribution in [0.2, 0.25) is 25.7 Å². The van der Waals surface area contributed by atoms with Crippen LogP contribution >= 0.6 is 0 Å². The second-order valence-electron chi connectivity index (χ2n) is 10.0. The molecule has 0 amide bonds. The van der Waals surface area contributed by atoms with E-state index >= 15 is 0 Å². The monoisotopic (exact) mass is 539 g/mol. The number of pyridine rings is 1. The fourth-order valence-electron chi connectivity index (χ4n) is 3.82. The van der Waals surface area contributed by atoms with Crippen molar-refractivity contribution in [1.29, 1.82) is 0 Å². The van der Waals surface area contributed by atoms with Gasteiger partial charge in [0.1, 0.15) is 23.9 Å². The Hall–Kier alpha value is -3.05. The van der Waals surface area contributed by atoms with E-state index in [-0.39, 0.29) is 24.0 Å². The maximum absolute atomic E-state index is 12.1. The number of sulfone groups is 1. The maximum Gasteiger partial charge on any atom is 0.178 e. The van der Waals surface area contributed by atoms with E-state index < -0.39 is 17.9 Å². The van der Waals surface area contributed by atoms with E-state index in [9.17, 15) is 13.5 Å². The first-order valence-electron chi connectivity index (χ1n) is 12.2. The fraction of sp³-hybridized carbons (Fsp3) is 0.333. The van der Waals surface area contributed by atoms with Crippen molar-refractivity contribution >= 4 is 28.9 Å². The van der Waals surface area contributed by atoms with E-state index in [1.807, 2.05) is 28.8 Å². The summed E-state index contributed by atoms with van der Waals surface area (Å²) in [5, 5.41) is 10.1. The average Bonchev–Trinajstić information content (AvgIpc) is 3.25. The molecule has 0 fully saturated rings. The second-order valence-corrected chi connectivity index (χ2v) is 17.9. The molecule has 0 aliphatic heterocycles. The van der Waals surface area contributed by atoms with E-state index in [4.69, 9.17) is 14.5 Å². The summed E-state index contributed by atoms with van der Waals surface area (Å²) < 4.78 is 38.4. The van der Waals surface area contributed by atoms with Gasteiger partial charge in [-0.3, -0.25) is 9.55 Å². The Balaban J connectivity index is 1.72. The van der Waals surface area contributed by atoms with Crippen LogP contribution in [0.15, 0.2) is 65.7 Å².